The molecule has 1 N–H and O–H groups in total. The third kappa shape index (κ3) is 5.09. The number of carbonyl (C=O) groups excluding carboxylic acids is 1. The summed E-state index contributed by atoms with van der Waals surface area (Å²) in [6, 6.07) is 7.38. The number of hydrogen-bond acceptors (Lipinski definition) is 4. The molecule has 19 heavy (non-hydrogen) atoms. The summed E-state index contributed by atoms with van der Waals surface area (Å²) in [5.74, 6) is -0.854. The van der Waals surface area contributed by atoms with Gasteiger partial charge in [-0.25, -0.2) is 0 Å². The minimum Gasteiger partial charge on any atom is -0.481 e. The standard InChI is InChI=1S/C14H20N2O3/c1-15(2)12-6-4-11(5-7-12)13(17)10-16(3)9-8-14(18)19/h4-7H,8-10H2,1-3H3,(H,18,19). The van der Waals surface area contributed by atoms with Crippen LogP contribution in [0.4, 0.5) is 5.69 Å². The van der Waals surface area contributed by atoms with E-state index >= 15 is 0 Å². The molecule has 0 saturated heterocycles. The van der Waals surface area contributed by atoms with Gasteiger partial charge in [-0.2, -0.15) is 0 Å². The molecular formula is C14H20N2O3. The molecule has 0 amide bonds. The molecule has 0 heterocycles. The number of nitrogens with zero attached hydrogens (tertiary/aromatic N) is 2. The van der Waals surface area contributed by atoms with Gasteiger partial charge in [-0.15, -0.1) is 0 Å². The molecule has 0 spiro atoms. The maximum atomic E-state index is 12.0. The first-order chi connectivity index (χ1) is 8.90. The van der Waals surface area contributed by atoms with Crippen molar-refractivity contribution in [3.05, 3.63) is 29.8 Å². The Morgan fingerprint density at radius 2 is 1.68 bits per heavy atom. The number of carboxylic acids is 1. The summed E-state index contributed by atoms with van der Waals surface area (Å²) in [6.45, 7) is 0.603. The fourth-order valence-electron chi connectivity index (χ4n) is 1.65. The fraction of sp³-hybridized carbons (Fsp3) is 0.429. The topological polar surface area (TPSA) is 60.9 Å². The summed E-state index contributed by atoms with van der Waals surface area (Å²) >= 11 is 0. The van der Waals surface area contributed by atoms with E-state index in [-0.39, 0.29) is 18.7 Å². The number of rotatable bonds is 7. The number of aliphatic carboxylic acids is 1. The van der Waals surface area contributed by atoms with Crippen LogP contribution >= 0.6 is 0 Å². The Hall–Kier alpha value is -1.88. The monoisotopic (exact) mass is 264 g/mol. The lowest BCUT2D eigenvalue weighted by molar-refractivity contribution is -0.137. The summed E-state index contributed by atoms with van der Waals surface area (Å²) in [5.41, 5.74) is 1.68. The van der Waals surface area contributed by atoms with Crippen LogP contribution in [0.3, 0.4) is 0 Å². The molecule has 0 aliphatic rings. The van der Waals surface area contributed by atoms with Gasteiger partial charge in [0.25, 0.3) is 0 Å². The minimum absolute atomic E-state index is 0.00167. The van der Waals surface area contributed by atoms with Gasteiger partial charge >= 0.3 is 5.97 Å². The van der Waals surface area contributed by atoms with Gasteiger partial charge < -0.3 is 10.0 Å². The van der Waals surface area contributed by atoms with Crippen molar-refractivity contribution in [1.29, 1.82) is 0 Å². The SMILES string of the molecule is CN(CCC(=O)O)CC(=O)c1ccc(N(C)C)cc1. The second-order valence-electron chi connectivity index (χ2n) is 4.75. The molecule has 1 aromatic rings. The van der Waals surface area contributed by atoms with Gasteiger partial charge in [0.15, 0.2) is 5.78 Å². The van der Waals surface area contributed by atoms with Crippen molar-refractivity contribution >= 4 is 17.4 Å². The molecule has 0 saturated carbocycles. The van der Waals surface area contributed by atoms with E-state index in [0.717, 1.165) is 5.69 Å². The largest absolute Gasteiger partial charge is 0.481 e. The zero-order valence-electron chi connectivity index (χ0n) is 11.6. The van der Waals surface area contributed by atoms with E-state index in [2.05, 4.69) is 0 Å². The van der Waals surface area contributed by atoms with E-state index in [4.69, 9.17) is 5.11 Å². The zero-order valence-corrected chi connectivity index (χ0v) is 11.6. The van der Waals surface area contributed by atoms with Gasteiger partial charge in [-0.05, 0) is 31.3 Å². The molecule has 0 bridgehead atoms. The molecular weight excluding hydrogens is 244 g/mol. The Kier molecular flexibility index (Phi) is 5.51. The van der Waals surface area contributed by atoms with Gasteiger partial charge in [0.1, 0.15) is 0 Å². The van der Waals surface area contributed by atoms with Crippen molar-refractivity contribution in [1.82, 2.24) is 4.90 Å². The molecule has 0 aliphatic carbocycles. The van der Waals surface area contributed by atoms with E-state index < -0.39 is 5.97 Å². The highest BCUT2D eigenvalue weighted by Crippen LogP contribution is 2.12. The Morgan fingerprint density at radius 1 is 1.11 bits per heavy atom. The Bertz CT molecular complexity index is 441. The van der Waals surface area contributed by atoms with E-state index in [1.807, 2.05) is 31.1 Å². The maximum Gasteiger partial charge on any atom is 0.304 e. The summed E-state index contributed by atoms with van der Waals surface area (Å²) in [5, 5.41) is 8.58. The van der Waals surface area contributed by atoms with Crippen molar-refractivity contribution in [3.63, 3.8) is 0 Å². The number of carbonyl (C=O) groups is 2. The van der Waals surface area contributed by atoms with Crippen LogP contribution in [0.25, 0.3) is 0 Å². The number of anilines is 1. The van der Waals surface area contributed by atoms with Crippen molar-refractivity contribution in [3.8, 4) is 0 Å². The zero-order chi connectivity index (χ0) is 14.4. The van der Waals surface area contributed by atoms with Crippen molar-refractivity contribution in [2.75, 3.05) is 39.1 Å². The minimum atomic E-state index is -0.852. The van der Waals surface area contributed by atoms with Gasteiger partial charge in [0.05, 0.1) is 13.0 Å². The fourth-order valence-corrected chi connectivity index (χ4v) is 1.65. The first kappa shape index (κ1) is 15.2. The lowest BCUT2D eigenvalue weighted by Gasteiger charge is -2.15. The lowest BCUT2D eigenvalue weighted by Crippen LogP contribution is -2.28. The van der Waals surface area contributed by atoms with Crippen molar-refractivity contribution in [2.45, 2.75) is 6.42 Å². The second kappa shape index (κ2) is 6.89. The smallest absolute Gasteiger partial charge is 0.304 e. The van der Waals surface area contributed by atoms with E-state index in [1.54, 1.807) is 24.1 Å². The predicted molar refractivity (Wildman–Crippen MR) is 74.8 cm³/mol. The Morgan fingerprint density at radius 3 is 2.16 bits per heavy atom. The quantitative estimate of drug-likeness (QED) is 0.753. The number of benzene rings is 1. The van der Waals surface area contributed by atoms with Crippen LogP contribution in [0, 0.1) is 0 Å². The van der Waals surface area contributed by atoms with Crippen LogP contribution in [0.1, 0.15) is 16.8 Å². The first-order valence-electron chi connectivity index (χ1n) is 6.11. The van der Waals surface area contributed by atoms with Gasteiger partial charge in [-0.1, -0.05) is 0 Å². The Balaban J connectivity index is 2.55. The molecule has 5 heteroatoms. The molecule has 5 nitrogen and oxygen atoms in total. The van der Waals surface area contributed by atoms with E-state index in [9.17, 15) is 9.59 Å². The molecule has 0 aliphatic heterocycles. The number of hydrogen-bond donors (Lipinski definition) is 1. The van der Waals surface area contributed by atoms with Crippen LogP contribution in [-0.2, 0) is 4.79 Å². The predicted octanol–water partition coefficient (Wildman–Crippen LogP) is 1.34. The number of likely N-dealkylation sites (N-methyl/N-ethyl adjacent to an activating group) is 1. The normalized spacial score (nSPS) is 10.5. The lowest BCUT2D eigenvalue weighted by atomic mass is 10.1. The summed E-state index contributed by atoms with van der Waals surface area (Å²) in [7, 11) is 5.63. The molecule has 1 rings (SSSR count). The van der Waals surface area contributed by atoms with Crippen LogP contribution < -0.4 is 4.90 Å². The molecule has 104 valence electrons. The van der Waals surface area contributed by atoms with Crippen LogP contribution in [0.5, 0.6) is 0 Å². The number of carboxylic acid groups (broad SMARTS) is 1. The van der Waals surface area contributed by atoms with Gasteiger partial charge in [-0.3, -0.25) is 14.5 Å². The van der Waals surface area contributed by atoms with Gasteiger partial charge in [0, 0.05) is 31.9 Å². The molecule has 0 unspecified atom stereocenters. The van der Waals surface area contributed by atoms with Crippen LogP contribution in [-0.4, -0.2) is 56.0 Å². The van der Waals surface area contributed by atoms with Crippen LogP contribution in [0.15, 0.2) is 24.3 Å². The van der Waals surface area contributed by atoms with Crippen molar-refractivity contribution < 1.29 is 14.7 Å². The molecule has 0 aromatic heterocycles. The maximum absolute atomic E-state index is 12.0. The number of ketones is 1. The third-order valence-corrected chi connectivity index (χ3v) is 2.83. The Labute approximate surface area is 113 Å². The highest BCUT2D eigenvalue weighted by atomic mass is 16.4. The van der Waals surface area contributed by atoms with E-state index in [1.165, 1.54) is 0 Å². The van der Waals surface area contributed by atoms with E-state index in [0.29, 0.717) is 12.1 Å². The molecule has 0 radical (unpaired) electrons. The number of Topliss-reactive ketones (excluding diaryl/α,β-unsaturated/α-hetero) is 1. The van der Waals surface area contributed by atoms with Crippen molar-refractivity contribution in [2.24, 2.45) is 0 Å². The summed E-state index contributed by atoms with van der Waals surface area (Å²) in [4.78, 5) is 26.1. The third-order valence-electron chi connectivity index (χ3n) is 2.83. The molecule has 1 aromatic carbocycles. The van der Waals surface area contributed by atoms with Crippen LogP contribution in [0.2, 0.25) is 0 Å². The average molecular weight is 264 g/mol. The highest BCUT2D eigenvalue weighted by molar-refractivity contribution is 5.97. The molecule has 0 atom stereocenters. The average Bonchev–Trinajstić information content (AvgIpc) is 2.36. The summed E-state index contributed by atoms with van der Waals surface area (Å²) < 4.78 is 0. The molecule has 0 fully saturated rings. The van der Waals surface area contributed by atoms with Gasteiger partial charge in [0.2, 0.25) is 0 Å². The highest BCUT2D eigenvalue weighted by Gasteiger charge is 2.10. The second-order valence-corrected chi connectivity index (χ2v) is 4.75. The first-order valence-corrected chi connectivity index (χ1v) is 6.11. The summed E-state index contributed by atoms with van der Waals surface area (Å²) in [6.07, 6.45) is 0.0450.